The molecule has 164 valence electrons. The van der Waals surface area contributed by atoms with Crippen LogP contribution in [0.5, 0.6) is 5.75 Å². The molecule has 0 fully saturated rings. The van der Waals surface area contributed by atoms with Crippen LogP contribution in [0, 0.1) is 0 Å². The van der Waals surface area contributed by atoms with Crippen molar-refractivity contribution in [3.05, 3.63) is 40.3 Å². The van der Waals surface area contributed by atoms with Crippen LogP contribution in [0.1, 0.15) is 30.2 Å². The first-order chi connectivity index (χ1) is 14.2. The maximum absolute atomic E-state index is 12.2. The van der Waals surface area contributed by atoms with Gasteiger partial charge in [0.15, 0.2) is 12.6 Å². The molecule has 2 heterocycles. The van der Waals surface area contributed by atoms with Gasteiger partial charge in [0.05, 0.1) is 10.7 Å². The van der Waals surface area contributed by atoms with Gasteiger partial charge in [-0.2, -0.15) is 0 Å². The zero-order valence-corrected chi connectivity index (χ0v) is 20.7. The fraction of sp³-hybridized carbons (Fsp3) is 0.476. The van der Waals surface area contributed by atoms with Crippen molar-refractivity contribution in [1.29, 1.82) is 0 Å². The number of carbonyl (C=O) groups is 1. The number of aliphatic imine (C=N–C) groups is 1. The van der Waals surface area contributed by atoms with Crippen LogP contribution < -0.4 is 20.3 Å². The Morgan fingerprint density at radius 3 is 2.90 bits per heavy atom. The largest absolute Gasteiger partial charge is 0.482 e. The van der Waals surface area contributed by atoms with E-state index in [9.17, 15) is 4.79 Å². The molecule has 0 atom stereocenters. The van der Waals surface area contributed by atoms with Crippen molar-refractivity contribution in [3.8, 4) is 5.75 Å². The molecule has 0 unspecified atom stereocenters. The molecule has 1 aliphatic heterocycles. The van der Waals surface area contributed by atoms with Crippen LogP contribution in [0.3, 0.4) is 0 Å². The highest BCUT2D eigenvalue weighted by molar-refractivity contribution is 14.0. The minimum Gasteiger partial charge on any atom is -0.482 e. The Balaban J connectivity index is 0.00000320. The number of benzene rings is 1. The van der Waals surface area contributed by atoms with E-state index in [0.29, 0.717) is 13.1 Å². The molecule has 0 aliphatic carbocycles. The van der Waals surface area contributed by atoms with E-state index in [1.807, 2.05) is 30.5 Å². The molecule has 1 aromatic heterocycles. The van der Waals surface area contributed by atoms with Crippen molar-refractivity contribution in [1.82, 2.24) is 15.6 Å². The van der Waals surface area contributed by atoms with Gasteiger partial charge in [0.25, 0.3) is 5.91 Å². The normalized spacial score (nSPS) is 13.3. The van der Waals surface area contributed by atoms with Gasteiger partial charge in [-0.15, -0.1) is 35.3 Å². The maximum atomic E-state index is 12.2. The van der Waals surface area contributed by atoms with Gasteiger partial charge in [0, 0.05) is 43.7 Å². The van der Waals surface area contributed by atoms with Crippen LogP contribution >= 0.6 is 35.3 Å². The van der Waals surface area contributed by atoms with Crippen LogP contribution in [0.2, 0.25) is 0 Å². The Morgan fingerprint density at radius 2 is 2.13 bits per heavy atom. The number of aromatic nitrogens is 1. The number of para-hydroxylation sites is 2. The smallest absolute Gasteiger partial charge is 0.265 e. The standard InChI is InChI=1S/C21H29N5O2S.HI/c1-3-16-14-25-19(29-16)10-12-24-21(22-4-2)23-11-7-13-26-17-8-5-6-9-18(17)28-15-20(26)27;/h5-6,8-9,14H,3-4,7,10-13,15H2,1-2H3,(H2,22,23,24);1H. The zero-order valence-electron chi connectivity index (χ0n) is 17.5. The summed E-state index contributed by atoms with van der Waals surface area (Å²) in [5, 5.41) is 7.78. The number of rotatable bonds is 9. The lowest BCUT2D eigenvalue weighted by atomic mass is 10.2. The second-order valence-corrected chi connectivity index (χ2v) is 7.87. The number of nitrogens with one attached hydrogen (secondary N) is 2. The molecular weight excluding hydrogens is 513 g/mol. The molecule has 30 heavy (non-hydrogen) atoms. The molecule has 0 spiro atoms. The first kappa shape index (κ1) is 24.4. The van der Waals surface area contributed by atoms with Gasteiger partial charge >= 0.3 is 0 Å². The van der Waals surface area contributed by atoms with Crippen LogP contribution in [0.4, 0.5) is 5.69 Å². The molecular formula is C21H30IN5O2S. The van der Waals surface area contributed by atoms with Crippen molar-refractivity contribution >= 4 is 52.9 Å². The first-order valence-corrected chi connectivity index (χ1v) is 11.0. The van der Waals surface area contributed by atoms with Gasteiger partial charge < -0.3 is 20.3 Å². The average Bonchev–Trinajstić information content (AvgIpc) is 3.20. The second-order valence-electron chi connectivity index (χ2n) is 6.67. The number of aryl methyl sites for hydroxylation is 1. The van der Waals surface area contributed by atoms with Crippen molar-refractivity contribution in [3.63, 3.8) is 0 Å². The van der Waals surface area contributed by atoms with E-state index in [4.69, 9.17) is 4.74 Å². The molecule has 2 N–H and O–H groups in total. The predicted molar refractivity (Wildman–Crippen MR) is 133 cm³/mol. The van der Waals surface area contributed by atoms with Crippen molar-refractivity contribution in [2.75, 3.05) is 37.7 Å². The molecule has 2 aromatic rings. The number of halogens is 1. The summed E-state index contributed by atoms with van der Waals surface area (Å²) in [7, 11) is 0. The van der Waals surface area contributed by atoms with Crippen LogP contribution in [0.25, 0.3) is 0 Å². The predicted octanol–water partition coefficient (Wildman–Crippen LogP) is 3.24. The molecule has 1 aliphatic rings. The number of nitrogens with zero attached hydrogens (tertiary/aromatic N) is 3. The molecule has 1 amide bonds. The van der Waals surface area contributed by atoms with Crippen LogP contribution in [-0.4, -0.2) is 49.6 Å². The quantitative estimate of drug-likeness (QED) is 0.220. The van der Waals surface area contributed by atoms with E-state index in [1.165, 1.54) is 4.88 Å². The third-order valence-corrected chi connectivity index (χ3v) is 5.74. The van der Waals surface area contributed by atoms with Gasteiger partial charge in [-0.05, 0) is 31.9 Å². The van der Waals surface area contributed by atoms with Gasteiger partial charge in [0.1, 0.15) is 5.75 Å². The second kappa shape index (κ2) is 12.7. The van der Waals surface area contributed by atoms with Gasteiger partial charge in [-0.3, -0.25) is 9.79 Å². The summed E-state index contributed by atoms with van der Waals surface area (Å²) in [5.74, 6) is 1.56. The fourth-order valence-corrected chi connectivity index (χ4v) is 3.94. The van der Waals surface area contributed by atoms with E-state index in [0.717, 1.165) is 54.8 Å². The number of hydrogen-bond donors (Lipinski definition) is 2. The highest BCUT2D eigenvalue weighted by atomic mass is 127. The monoisotopic (exact) mass is 543 g/mol. The Hall–Kier alpha value is -1.88. The number of guanidine groups is 1. The lowest BCUT2D eigenvalue weighted by Gasteiger charge is -2.29. The molecule has 7 nitrogen and oxygen atoms in total. The molecule has 0 saturated carbocycles. The summed E-state index contributed by atoms with van der Waals surface area (Å²) in [4.78, 5) is 24.4. The summed E-state index contributed by atoms with van der Waals surface area (Å²) in [5.41, 5.74) is 0.840. The number of amides is 1. The lowest BCUT2D eigenvalue weighted by molar-refractivity contribution is -0.121. The summed E-state index contributed by atoms with van der Waals surface area (Å²) in [6.45, 7) is 7.15. The van der Waals surface area contributed by atoms with E-state index in [-0.39, 0.29) is 36.5 Å². The highest BCUT2D eigenvalue weighted by Gasteiger charge is 2.24. The Kier molecular flexibility index (Phi) is 10.4. The van der Waals surface area contributed by atoms with Gasteiger partial charge in [0.2, 0.25) is 0 Å². The summed E-state index contributed by atoms with van der Waals surface area (Å²) in [6.07, 6.45) is 4.66. The van der Waals surface area contributed by atoms with E-state index in [2.05, 4.69) is 34.5 Å². The van der Waals surface area contributed by atoms with E-state index in [1.54, 1.807) is 16.2 Å². The third kappa shape index (κ3) is 6.83. The summed E-state index contributed by atoms with van der Waals surface area (Å²) < 4.78 is 5.49. The minimum absolute atomic E-state index is 0. The van der Waals surface area contributed by atoms with E-state index < -0.39 is 0 Å². The van der Waals surface area contributed by atoms with Crippen molar-refractivity contribution in [2.24, 2.45) is 4.99 Å². The number of ether oxygens (including phenoxy) is 1. The Morgan fingerprint density at radius 1 is 1.30 bits per heavy atom. The molecule has 0 bridgehead atoms. The maximum Gasteiger partial charge on any atom is 0.265 e. The molecule has 0 saturated heterocycles. The summed E-state index contributed by atoms with van der Waals surface area (Å²) in [6, 6.07) is 7.65. The zero-order chi connectivity index (χ0) is 20.5. The Bertz CT molecular complexity index is 842. The molecule has 1 aromatic carbocycles. The average molecular weight is 543 g/mol. The van der Waals surface area contributed by atoms with Crippen LogP contribution in [0.15, 0.2) is 35.5 Å². The van der Waals surface area contributed by atoms with Crippen molar-refractivity contribution in [2.45, 2.75) is 33.1 Å². The Labute approximate surface area is 199 Å². The number of hydrogen-bond acceptors (Lipinski definition) is 5. The number of carbonyl (C=O) groups excluding carboxylic acids is 1. The minimum atomic E-state index is -0.00684. The first-order valence-electron chi connectivity index (χ1n) is 10.2. The summed E-state index contributed by atoms with van der Waals surface area (Å²) >= 11 is 1.77. The fourth-order valence-electron chi connectivity index (χ4n) is 3.08. The van der Waals surface area contributed by atoms with E-state index >= 15 is 0 Å². The number of fused-ring (bicyclic) bond motifs is 1. The molecule has 9 heteroatoms. The van der Waals surface area contributed by atoms with Crippen molar-refractivity contribution < 1.29 is 9.53 Å². The molecule has 0 radical (unpaired) electrons. The highest BCUT2D eigenvalue weighted by Crippen LogP contribution is 2.31. The SMILES string of the molecule is CCNC(=NCCCN1C(=O)COc2ccccc21)NCCc1ncc(CC)s1.I. The third-order valence-electron chi connectivity index (χ3n) is 4.54. The topological polar surface area (TPSA) is 78.9 Å². The van der Waals surface area contributed by atoms with Crippen LogP contribution in [-0.2, 0) is 17.6 Å². The molecule has 3 rings (SSSR count). The number of anilines is 1. The van der Waals surface area contributed by atoms with Gasteiger partial charge in [-0.1, -0.05) is 19.1 Å². The lowest BCUT2D eigenvalue weighted by Crippen LogP contribution is -2.40. The van der Waals surface area contributed by atoms with Gasteiger partial charge in [-0.25, -0.2) is 4.98 Å². The number of thiazole rings is 1.